The molecule has 0 aliphatic rings. The molecule has 11 heteroatoms. The van der Waals surface area contributed by atoms with E-state index in [4.69, 9.17) is 0 Å². The van der Waals surface area contributed by atoms with Crippen LogP contribution in [0.5, 0.6) is 0 Å². The van der Waals surface area contributed by atoms with Crippen molar-refractivity contribution in [1.82, 2.24) is 0 Å². The summed E-state index contributed by atoms with van der Waals surface area (Å²) in [5, 5.41) is 0. The lowest BCUT2D eigenvalue weighted by Gasteiger charge is -2.16. The highest BCUT2D eigenvalue weighted by Gasteiger charge is 2.27. The summed E-state index contributed by atoms with van der Waals surface area (Å²) in [7, 11) is -3.01. The second-order valence-electron chi connectivity index (χ2n) is 4.25. The third-order valence-electron chi connectivity index (χ3n) is 1.66. The highest BCUT2D eigenvalue weighted by atomic mass is 31.2. The normalized spacial score (nSPS) is 11.4. The largest absolute Gasteiger partial charge is 0.510 e. The molecule has 0 aromatic rings. The number of rotatable bonds is 9. The van der Waals surface area contributed by atoms with Gasteiger partial charge < -0.3 is 18.9 Å². The van der Waals surface area contributed by atoms with Gasteiger partial charge in [-0.2, -0.15) is 0 Å². The van der Waals surface area contributed by atoms with Crippen molar-refractivity contribution in [2.24, 2.45) is 0 Å². The molecule has 0 aliphatic heterocycles. The fourth-order valence-corrected chi connectivity index (χ4v) is 1.52. The monoisotopic (exact) mass is 344 g/mol. The number of phosphoric ester groups is 1. The van der Waals surface area contributed by atoms with Gasteiger partial charge in [-0.25, -0.2) is 23.2 Å². The van der Waals surface area contributed by atoms with Crippen molar-refractivity contribution >= 4 is 20.1 Å². The zero-order chi connectivity index (χ0) is 17.2. The summed E-state index contributed by atoms with van der Waals surface area (Å²) in [6.45, 7) is 5.04. The molecule has 0 saturated carbocycles. The van der Waals surface area contributed by atoms with Gasteiger partial charge in [-0.3, -0.25) is 4.52 Å². The van der Waals surface area contributed by atoms with E-state index in [2.05, 4.69) is 32.5 Å². The van der Waals surface area contributed by atoms with Crippen LogP contribution in [0.1, 0.15) is 27.7 Å². The molecular formula is C11H21O10P. The van der Waals surface area contributed by atoms with Crippen molar-refractivity contribution in [3.63, 3.8) is 0 Å². The number of carbonyl (C=O) groups is 2. The summed E-state index contributed by atoms with van der Waals surface area (Å²) in [4.78, 5) is 22.1. The quantitative estimate of drug-likeness (QED) is 0.351. The van der Waals surface area contributed by atoms with Gasteiger partial charge in [-0.05, 0) is 27.7 Å². The number of hydrogen-bond donors (Lipinski definition) is 0. The van der Waals surface area contributed by atoms with Gasteiger partial charge >= 0.3 is 20.1 Å². The first-order valence-electron chi connectivity index (χ1n) is 6.30. The number of carbonyl (C=O) groups excluding carboxylic acids is 2. The molecule has 0 spiro atoms. The van der Waals surface area contributed by atoms with Gasteiger partial charge in [0.1, 0.15) is 0 Å². The van der Waals surface area contributed by atoms with Gasteiger partial charge in [0.25, 0.3) is 0 Å². The Hall–Kier alpha value is -1.35. The van der Waals surface area contributed by atoms with Crippen LogP contribution in [-0.2, 0) is 37.1 Å². The summed E-state index contributed by atoms with van der Waals surface area (Å²) in [6, 6.07) is 0. The molecule has 10 nitrogen and oxygen atoms in total. The average molecular weight is 344 g/mol. The van der Waals surface area contributed by atoms with Crippen LogP contribution in [0, 0.1) is 0 Å². The van der Waals surface area contributed by atoms with Crippen LogP contribution in [0.2, 0.25) is 0 Å². The minimum Gasteiger partial charge on any atom is -0.432 e. The molecule has 0 atom stereocenters. The van der Waals surface area contributed by atoms with Crippen molar-refractivity contribution in [1.29, 1.82) is 0 Å². The maximum atomic E-state index is 11.9. The van der Waals surface area contributed by atoms with Crippen molar-refractivity contribution in [2.75, 3.05) is 20.7 Å². The maximum absolute atomic E-state index is 11.9. The molecular weight excluding hydrogens is 323 g/mol. The first-order valence-corrected chi connectivity index (χ1v) is 7.76. The molecule has 130 valence electrons. The summed E-state index contributed by atoms with van der Waals surface area (Å²) >= 11 is 0. The fourth-order valence-electron chi connectivity index (χ4n) is 0.874. The van der Waals surface area contributed by atoms with E-state index in [1.165, 1.54) is 0 Å². The standard InChI is InChI=1S/C11H21O10P/c1-8(2)20-10(12)16-6-18-22(14,15-5)19-7-17-11(13)21-9(3)4/h8-9H,6-7H2,1-5H3. The van der Waals surface area contributed by atoms with Crippen LogP contribution < -0.4 is 0 Å². The van der Waals surface area contributed by atoms with Crippen LogP contribution >= 0.6 is 7.82 Å². The van der Waals surface area contributed by atoms with E-state index in [0.717, 1.165) is 7.11 Å². The Bertz CT molecular complexity index is 362. The smallest absolute Gasteiger partial charge is 0.432 e. The van der Waals surface area contributed by atoms with Crippen LogP contribution in [-0.4, -0.2) is 45.2 Å². The van der Waals surface area contributed by atoms with Crippen LogP contribution in [0.4, 0.5) is 9.59 Å². The Morgan fingerprint density at radius 1 is 0.864 bits per heavy atom. The lowest BCUT2D eigenvalue weighted by Crippen LogP contribution is -2.16. The van der Waals surface area contributed by atoms with Gasteiger partial charge in [-0.15, -0.1) is 0 Å². The molecule has 0 aromatic heterocycles. The second-order valence-corrected chi connectivity index (χ2v) is 6.02. The van der Waals surface area contributed by atoms with Gasteiger partial charge in [0.15, 0.2) is 0 Å². The molecule has 0 aliphatic carbocycles. The molecule has 0 amide bonds. The van der Waals surface area contributed by atoms with E-state index in [-0.39, 0.29) is 12.2 Å². The van der Waals surface area contributed by atoms with Crippen molar-refractivity contribution < 1.29 is 46.7 Å². The molecule has 0 unspecified atom stereocenters. The highest BCUT2D eigenvalue weighted by molar-refractivity contribution is 7.48. The van der Waals surface area contributed by atoms with Crippen LogP contribution in [0.15, 0.2) is 0 Å². The summed E-state index contributed by atoms with van der Waals surface area (Å²) in [6.07, 6.45) is -2.76. The SMILES string of the molecule is COP(=O)(OCOC(=O)OC(C)C)OCOC(=O)OC(C)C. The average Bonchev–Trinajstić information content (AvgIpc) is 2.36. The molecule has 0 aromatic carbocycles. The number of ether oxygens (including phenoxy) is 4. The molecule has 0 bridgehead atoms. The van der Waals surface area contributed by atoms with E-state index in [1.807, 2.05) is 0 Å². The lowest BCUT2D eigenvalue weighted by atomic mass is 10.5. The number of phosphoric acid groups is 1. The van der Waals surface area contributed by atoms with Gasteiger partial charge in [-0.1, -0.05) is 0 Å². The third-order valence-corrected chi connectivity index (χ3v) is 2.95. The second kappa shape index (κ2) is 10.4. The Labute approximate surface area is 128 Å². The third kappa shape index (κ3) is 10.4. The molecule has 0 rings (SSSR count). The lowest BCUT2D eigenvalue weighted by molar-refractivity contribution is -0.0429. The van der Waals surface area contributed by atoms with E-state index in [9.17, 15) is 14.2 Å². The van der Waals surface area contributed by atoms with Crippen molar-refractivity contribution in [2.45, 2.75) is 39.9 Å². The first-order chi connectivity index (χ1) is 10.2. The van der Waals surface area contributed by atoms with E-state index < -0.39 is 33.7 Å². The summed E-state index contributed by atoms with van der Waals surface area (Å²) in [5.41, 5.74) is 0. The molecule has 0 N–H and O–H groups in total. The highest BCUT2D eigenvalue weighted by Crippen LogP contribution is 2.48. The van der Waals surface area contributed by atoms with E-state index in [0.29, 0.717) is 0 Å². The summed E-state index contributed by atoms with van der Waals surface area (Å²) < 4.78 is 43.9. The van der Waals surface area contributed by atoms with Gasteiger partial charge in [0, 0.05) is 7.11 Å². The zero-order valence-electron chi connectivity index (χ0n) is 13.1. The Kier molecular flexibility index (Phi) is 9.75. The Balaban J connectivity index is 4.06. The minimum atomic E-state index is -4.05. The van der Waals surface area contributed by atoms with E-state index in [1.54, 1.807) is 27.7 Å². The number of hydrogen-bond acceptors (Lipinski definition) is 10. The van der Waals surface area contributed by atoms with Crippen LogP contribution in [0.25, 0.3) is 0 Å². The predicted octanol–water partition coefficient (Wildman–Crippen LogP) is 2.81. The summed E-state index contributed by atoms with van der Waals surface area (Å²) in [5.74, 6) is 0. The Morgan fingerprint density at radius 2 is 1.23 bits per heavy atom. The zero-order valence-corrected chi connectivity index (χ0v) is 14.0. The van der Waals surface area contributed by atoms with Gasteiger partial charge in [0.05, 0.1) is 12.2 Å². The molecule has 0 saturated heterocycles. The minimum absolute atomic E-state index is 0.377. The fraction of sp³-hybridized carbons (Fsp3) is 0.818. The maximum Gasteiger partial charge on any atom is 0.510 e. The Morgan fingerprint density at radius 3 is 1.50 bits per heavy atom. The molecule has 0 radical (unpaired) electrons. The van der Waals surface area contributed by atoms with Gasteiger partial charge in [0.2, 0.25) is 13.6 Å². The predicted molar refractivity (Wildman–Crippen MR) is 71.9 cm³/mol. The molecule has 0 fully saturated rings. The van der Waals surface area contributed by atoms with Crippen LogP contribution in [0.3, 0.4) is 0 Å². The van der Waals surface area contributed by atoms with Crippen molar-refractivity contribution in [3.05, 3.63) is 0 Å². The van der Waals surface area contributed by atoms with E-state index >= 15 is 0 Å². The topological polar surface area (TPSA) is 116 Å². The first kappa shape index (κ1) is 20.6. The molecule has 0 heterocycles. The van der Waals surface area contributed by atoms with Crippen molar-refractivity contribution in [3.8, 4) is 0 Å². The molecule has 22 heavy (non-hydrogen) atoms.